The zero-order valence-electron chi connectivity index (χ0n) is 10.7. The molecule has 112 valence electrons. The van der Waals surface area contributed by atoms with Crippen LogP contribution in [0.25, 0.3) is 0 Å². The maximum absolute atomic E-state index is 12.4. The minimum absolute atomic E-state index is 0.292. The summed E-state index contributed by atoms with van der Waals surface area (Å²) in [6, 6.07) is 0.497. The van der Waals surface area contributed by atoms with Crippen LogP contribution in [0.2, 0.25) is 0 Å². The molecule has 0 aromatic carbocycles. The molecule has 0 spiro atoms. The Bertz CT molecular complexity index is 473. The topological polar surface area (TPSA) is 67.2 Å². The van der Waals surface area contributed by atoms with Gasteiger partial charge in [-0.3, -0.25) is 9.48 Å². The third kappa shape index (κ3) is 3.72. The lowest BCUT2D eigenvalue weighted by atomic mass is 9.92. The lowest BCUT2D eigenvalue weighted by Crippen LogP contribution is -2.46. The van der Waals surface area contributed by atoms with E-state index in [2.05, 4.69) is 10.4 Å². The number of hydrogen-bond donors (Lipinski definition) is 2. The van der Waals surface area contributed by atoms with Crippen LogP contribution in [0.1, 0.15) is 31.4 Å². The van der Waals surface area contributed by atoms with E-state index in [4.69, 9.17) is 0 Å². The van der Waals surface area contributed by atoms with Gasteiger partial charge in [0.05, 0.1) is 12.1 Å². The normalized spacial score (nSPS) is 23.6. The Morgan fingerprint density at radius 2 is 2.15 bits per heavy atom. The van der Waals surface area contributed by atoms with E-state index in [0.717, 1.165) is 29.8 Å². The fourth-order valence-corrected chi connectivity index (χ4v) is 2.28. The molecule has 0 aliphatic heterocycles. The molecule has 2 atom stereocenters. The quantitative estimate of drug-likeness (QED) is 0.882. The van der Waals surface area contributed by atoms with Gasteiger partial charge in [0.25, 0.3) is 0 Å². The standard InChI is InChI=1S/C12H16F3N3O2/c13-12(14,15)10-5-6-18(17-10)7-11(20)16-8-3-1-2-4-9(8)19/h5-6,8-9,19H,1-4,7H2,(H,16,20)/t8-,9-/m0/s1. The lowest BCUT2D eigenvalue weighted by Gasteiger charge is -2.28. The Labute approximate surface area is 113 Å². The third-order valence-corrected chi connectivity index (χ3v) is 3.31. The van der Waals surface area contributed by atoms with Crippen LogP contribution in [0.3, 0.4) is 0 Å². The van der Waals surface area contributed by atoms with Crippen molar-refractivity contribution < 1.29 is 23.1 Å². The monoisotopic (exact) mass is 291 g/mol. The number of nitrogens with zero attached hydrogens (tertiary/aromatic N) is 2. The summed E-state index contributed by atoms with van der Waals surface area (Å²) in [5, 5.41) is 15.6. The van der Waals surface area contributed by atoms with Gasteiger partial charge in [-0.2, -0.15) is 18.3 Å². The molecule has 1 fully saturated rings. The van der Waals surface area contributed by atoms with Crippen LogP contribution in [-0.2, 0) is 17.5 Å². The largest absolute Gasteiger partial charge is 0.435 e. The van der Waals surface area contributed by atoms with Crippen LogP contribution in [0.15, 0.2) is 12.3 Å². The summed E-state index contributed by atoms with van der Waals surface area (Å²) in [6.45, 7) is -0.292. The Kier molecular flexibility index (Phi) is 4.32. The maximum Gasteiger partial charge on any atom is 0.435 e. The Hall–Kier alpha value is -1.57. The van der Waals surface area contributed by atoms with E-state index in [1.807, 2.05) is 0 Å². The number of carbonyl (C=O) groups excluding carboxylic acids is 1. The van der Waals surface area contributed by atoms with Crippen molar-refractivity contribution in [3.63, 3.8) is 0 Å². The van der Waals surface area contributed by atoms with Gasteiger partial charge in [-0.05, 0) is 18.9 Å². The van der Waals surface area contributed by atoms with Gasteiger partial charge in [-0.15, -0.1) is 0 Å². The molecule has 0 unspecified atom stereocenters. The van der Waals surface area contributed by atoms with Crippen LogP contribution < -0.4 is 5.32 Å². The molecule has 1 aromatic rings. The van der Waals surface area contributed by atoms with Crippen LogP contribution in [-0.4, -0.2) is 32.9 Å². The van der Waals surface area contributed by atoms with E-state index in [0.29, 0.717) is 12.8 Å². The first-order chi connectivity index (χ1) is 9.36. The second kappa shape index (κ2) is 5.82. The first kappa shape index (κ1) is 14.8. The maximum atomic E-state index is 12.4. The first-order valence-electron chi connectivity index (χ1n) is 6.44. The van der Waals surface area contributed by atoms with E-state index >= 15 is 0 Å². The van der Waals surface area contributed by atoms with E-state index in [1.54, 1.807) is 0 Å². The van der Waals surface area contributed by atoms with Crippen molar-refractivity contribution in [1.82, 2.24) is 15.1 Å². The van der Waals surface area contributed by atoms with Gasteiger partial charge in [0, 0.05) is 6.20 Å². The van der Waals surface area contributed by atoms with E-state index < -0.39 is 23.9 Å². The third-order valence-electron chi connectivity index (χ3n) is 3.31. The summed E-state index contributed by atoms with van der Waals surface area (Å²) in [5.41, 5.74) is -1.02. The molecule has 2 rings (SSSR count). The van der Waals surface area contributed by atoms with Crippen molar-refractivity contribution in [3.8, 4) is 0 Å². The van der Waals surface area contributed by atoms with Gasteiger partial charge >= 0.3 is 6.18 Å². The first-order valence-corrected chi connectivity index (χ1v) is 6.44. The second-order valence-corrected chi connectivity index (χ2v) is 4.92. The number of alkyl halides is 3. The number of hydrogen-bond acceptors (Lipinski definition) is 3. The van der Waals surface area contributed by atoms with Crippen LogP contribution in [0, 0.1) is 0 Å². The number of aromatic nitrogens is 2. The van der Waals surface area contributed by atoms with Crippen LogP contribution in [0.4, 0.5) is 13.2 Å². The average molecular weight is 291 g/mol. The number of carbonyl (C=O) groups is 1. The molecule has 1 amide bonds. The molecule has 0 saturated heterocycles. The van der Waals surface area contributed by atoms with Gasteiger partial charge in [-0.25, -0.2) is 0 Å². The molecule has 20 heavy (non-hydrogen) atoms. The molecule has 1 saturated carbocycles. The van der Waals surface area contributed by atoms with Gasteiger partial charge in [0.15, 0.2) is 5.69 Å². The average Bonchev–Trinajstić information content (AvgIpc) is 2.80. The lowest BCUT2D eigenvalue weighted by molar-refractivity contribution is -0.141. The van der Waals surface area contributed by atoms with Crippen LogP contribution >= 0.6 is 0 Å². The van der Waals surface area contributed by atoms with Crippen molar-refractivity contribution in [2.45, 2.75) is 50.6 Å². The predicted molar refractivity (Wildman–Crippen MR) is 63.6 cm³/mol. The van der Waals surface area contributed by atoms with Crippen molar-refractivity contribution in [3.05, 3.63) is 18.0 Å². The van der Waals surface area contributed by atoms with E-state index in [1.165, 1.54) is 0 Å². The Balaban J connectivity index is 1.89. The Morgan fingerprint density at radius 3 is 2.75 bits per heavy atom. The number of amides is 1. The number of halogens is 3. The highest BCUT2D eigenvalue weighted by atomic mass is 19.4. The van der Waals surface area contributed by atoms with Gasteiger partial charge < -0.3 is 10.4 Å². The van der Waals surface area contributed by atoms with Crippen molar-refractivity contribution >= 4 is 5.91 Å². The van der Waals surface area contributed by atoms with Gasteiger partial charge in [0.2, 0.25) is 5.91 Å². The molecule has 1 aliphatic rings. The molecule has 8 heteroatoms. The fourth-order valence-electron chi connectivity index (χ4n) is 2.28. The number of nitrogens with one attached hydrogen (secondary N) is 1. The molecule has 1 heterocycles. The van der Waals surface area contributed by atoms with Crippen LogP contribution in [0.5, 0.6) is 0 Å². The highest BCUT2D eigenvalue weighted by Crippen LogP contribution is 2.27. The Morgan fingerprint density at radius 1 is 1.45 bits per heavy atom. The number of rotatable bonds is 3. The zero-order valence-corrected chi connectivity index (χ0v) is 10.7. The number of aliphatic hydroxyl groups excluding tert-OH is 1. The van der Waals surface area contributed by atoms with E-state index in [9.17, 15) is 23.1 Å². The molecule has 1 aliphatic carbocycles. The number of aliphatic hydroxyl groups is 1. The summed E-state index contributed by atoms with van der Waals surface area (Å²) in [5.74, 6) is -0.451. The van der Waals surface area contributed by atoms with Crippen molar-refractivity contribution in [1.29, 1.82) is 0 Å². The van der Waals surface area contributed by atoms with Gasteiger partial charge in [-0.1, -0.05) is 12.8 Å². The SMILES string of the molecule is O=C(Cn1ccc(C(F)(F)F)n1)N[C@H]1CCCC[C@@H]1O. The zero-order chi connectivity index (χ0) is 14.8. The van der Waals surface area contributed by atoms with Crippen molar-refractivity contribution in [2.24, 2.45) is 0 Å². The molecule has 5 nitrogen and oxygen atoms in total. The highest BCUT2D eigenvalue weighted by Gasteiger charge is 2.33. The molecular formula is C12H16F3N3O2. The molecule has 0 bridgehead atoms. The van der Waals surface area contributed by atoms with Gasteiger partial charge in [0.1, 0.15) is 6.54 Å². The molecule has 1 aromatic heterocycles. The molecular weight excluding hydrogens is 275 g/mol. The highest BCUT2D eigenvalue weighted by molar-refractivity contribution is 5.76. The smallest absolute Gasteiger partial charge is 0.391 e. The van der Waals surface area contributed by atoms with E-state index in [-0.39, 0.29) is 12.6 Å². The summed E-state index contributed by atoms with van der Waals surface area (Å²) in [7, 11) is 0. The summed E-state index contributed by atoms with van der Waals surface area (Å²) in [6.07, 6.45) is -0.842. The minimum Gasteiger partial charge on any atom is -0.391 e. The summed E-state index contributed by atoms with van der Waals surface area (Å²) in [4.78, 5) is 11.7. The summed E-state index contributed by atoms with van der Waals surface area (Å²) < 4.78 is 38.0. The fraction of sp³-hybridized carbons (Fsp3) is 0.667. The minimum atomic E-state index is -4.51. The van der Waals surface area contributed by atoms with Crippen molar-refractivity contribution in [2.75, 3.05) is 0 Å². The molecule has 2 N–H and O–H groups in total. The molecule has 0 radical (unpaired) electrons. The summed E-state index contributed by atoms with van der Waals surface area (Å²) >= 11 is 0. The predicted octanol–water partition coefficient (Wildman–Crippen LogP) is 1.32. The second-order valence-electron chi connectivity index (χ2n) is 4.92.